The molecule has 7 heteroatoms. The van der Waals surface area contributed by atoms with Crippen molar-refractivity contribution in [1.82, 2.24) is 9.47 Å². The molecule has 1 aromatic carbocycles. The Labute approximate surface area is 143 Å². The van der Waals surface area contributed by atoms with Gasteiger partial charge in [-0.25, -0.2) is 0 Å². The van der Waals surface area contributed by atoms with Crippen LogP contribution in [0.25, 0.3) is 10.9 Å². The quantitative estimate of drug-likeness (QED) is 0.772. The summed E-state index contributed by atoms with van der Waals surface area (Å²) in [6.07, 6.45) is 1.08. The molecule has 0 N–H and O–H groups in total. The number of aromatic nitrogens is 1. The lowest BCUT2D eigenvalue weighted by Gasteiger charge is -2.30. The molecular formula is C17H24N2O4S. The first-order chi connectivity index (χ1) is 11.4. The van der Waals surface area contributed by atoms with Crippen molar-refractivity contribution in [3.63, 3.8) is 0 Å². The summed E-state index contributed by atoms with van der Waals surface area (Å²) < 4.78 is 36.1. The molecule has 0 aliphatic carbocycles. The van der Waals surface area contributed by atoms with Crippen LogP contribution in [0.2, 0.25) is 0 Å². The first-order valence-electron chi connectivity index (χ1n) is 8.16. The molecular weight excluding hydrogens is 328 g/mol. The number of benzene rings is 1. The van der Waals surface area contributed by atoms with Gasteiger partial charge in [0.05, 0.1) is 30.7 Å². The van der Waals surface area contributed by atoms with Gasteiger partial charge in [0.15, 0.2) is 5.75 Å². The first-order valence-corrected chi connectivity index (χ1v) is 9.97. The van der Waals surface area contributed by atoms with Crippen LogP contribution in [0.3, 0.4) is 0 Å². The van der Waals surface area contributed by atoms with Crippen molar-refractivity contribution in [2.24, 2.45) is 0 Å². The van der Waals surface area contributed by atoms with Gasteiger partial charge in [0, 0.05) is 31.1 Å². The van der Waals surface area contributed by atoms with Crippen LogP contribution >= 0.6 is 0 Å². The number of para-hydroxylation sites is 1. The fourth-order valence-corrected chi connectivity index (χ4v) is 3.94. The van der Waals surface area contributed by atoms with E-state index >= 15 is 0 Å². The Bertz CT molecular complexity index is 822. The van der Waals surface area contributed by atoms with E-state index in [4.69, 9.17) is 8.92 Å². The van der Waals surface area contributed by atoms with Gasteiger partial charge in [0.25, 0.3) is 0 Å². The lowest BCUT2D eigenvalue weighted by molar-refractivity contribution is 0.0327. The van der Waals surface area contributed by atoms with E-state index in [1.54, 1.807) is 0 Å². The van der Waals surface area contributed by atoms with Crippen molar-refractivity contribution in [1.29, 1.82) is 0 Å². The highest BCUT2D eigenvalue weighted by Gasteiger charge is 2.23. The largest absolute Gasteiger partial charge is 0.380 e. The summed E-state index contributed by atoms with van der Waals surface area (Å²) in [6.45, 7) is 8.34. The zero-order chi connectivity index (χ0) is 17.3. The summed E-state index contributed by atoms with van der Waals surface area (Å²) in [5, 5.41) is 0.828. The van der Waals surface area contributed by atoms with Crippen LogP contribution in [0.1, 0.15) is 18.7 Å². The number of nitrogens with zero attached hydrogens (tertiary/aromatic N) is 2. The molecule has 24 heavy (non-hydrogen) atoms. The standard InChI is InChI=1S/C17H24N2O4S/c1-13(12-18-8-10-22-11-9-18)19-14(2)17(23-24(3,20)21)15-6-4-5-7-16(15)19/h4-7,13H,8-12H2,1-3H3. The minimum atomic E-state index is -3.57. The maximum absolute atomic E-state index is 11.6. The Morgan fingerprint density at radius 3 is 2.58 bits per heavy atom. The highest BCUT2D eigenvalue weighted by atomic mass is 32.2. The lowest BCUT2D eigenvalue weighted by Crippen LogP contribution is -2.39. The Hall–Kier alpha value is -1.57. The number of fused-ring (bicyclic) bond motifs is 1. The van der Waals surface area contributed by atoms with Crippen LogP contribution in [0.4, 0.5) is 0 Å². The Morgan fingerprint density at radius 2 is 1.92 bits per heavy atom. The van der Waals surface area contributed by atoms with E-state index in [0.717, 1.165) is 55.7 Å². The summed E-state index contributed by atoms with van der Waals surface area (Å²) in [6, 6.07) is 7.97. The average Bonchev–Trinajstić information content (AvgIpc) is 2.79. The molecule has 2 aromatic rings. The molecule has 0 saturated carbocycles. The molecule has 1 aliphatic rings. The summed E-state index contributed by atoms with van der Waals surface area (Å²) in [5.74, 6) is 0.432. The van der Waals surface area contributed by atoms with Gasteiger partial charge in [-0.05, 0) is 26.0 Å². The summed E-state index contributed by atoms with van der Waals surface area (Å²) in [7, 11) is -3.57. The molecule has 1 aromatic heterocycles. The van der Waals surface area contributed by atoms with Gasteiger partial charge in [-0.15, -0.1) is 0 Å². The van der Waals surface area contributed by atoms with Gasteiger partial charge in [0.1, 0.15) is 0 Å². The van der Waals surface area contributed by atoms with Crippen LogP contribution < -0.4 is 4.18 Å². The number of morpholine rings is 1. The van der Waals surface area contributed by atoms with Crippen molar-refractivity contribution >= 4 is 21.0 Å². The normalized spacial score (nSPS) is 18.0. The highest BCUT2D eigenvalue weighted by molar-refractivity contribution is 7.86. The van der Waals surface area contributed by atoms with Crippen molar-refractivity contribution in [2.45, 2.75) is 19.9 Å². The third kappa shape index (κ3) is 3.58. The molecule has 6 nitrogen and oxygen atoms in total. The molecule has 1 saturated heterocycles. The van der Waals surface area contributed by atoms with Gasteiger partial charge >= 0.3 is 10.1 Å². The summed E-state index contributed by atoms with van der Waals surface area (Å²) >= 11 is 0. The molecule has 3 rings (SSSR count). The second-order valence-electron chi connectivity index (χ2n) is 6.35. The van der Waals surface area contributed by atoms with Crippen molar-refractivity contribution < 1.29 is 17.3 Å². The van der Waals surface area contributed by atoms with Gasteiger partial charge < -0.3 is 13.5 Å². The van der Waals surface area contributed by atoms with Crippen LogP contribution in [0.15, 0.2) is 24.3 Å². The smallest absolute Gasteiger partial charge is 0.306 e. The van der Waals surface area contributed by atoms with Gasteiger partial charge in [-0.2, -0.15) is 8.42 Å². The maximum Gasteiger partial charge on any atom is 0.306 e. The van der Waals surface area contributed by atoms with Gasteiger partial charge in [0.2, 0.25) is 0 Å². The zero-order valence-electron chi connectivity index (χ0n) is 14.4. The van der Waals surface area contributed by atoms with Crippen LogP contribution in [-0.4, -0.2) is 57.0 Å². The van der Waals surface area contributed by atoms with Crippen LogP contribution in [0.5, 0.6) is 5.75 Å². The molecule has 1 fully saturated rings. The third-order valence-electron chi connectivity index (χ3n) is 4.40. The van der Waals surface area contributed by atoms with E-state index in [1.807, 2.05) is 31.2 Å². The molecule has 2 heterocycles. The number of hydrogen-bond acceptors (Lipinski definition) is 5. The van der Waals surface area contributed by atoms with E-state index < -0.39 is 10.1 Å². The van der Waals surface area contributed by atoms with E-state index in [0.29, 0.717) is 5.75 Å². The zero-order valence-corrected chi connectivity index (χ0v) is 15.2. The fraction of sp³-hybridized carbons (Fsp3) is 0.529. The molecule has 1 aliphatic heterocycles. The highest BCUT2D eigenvalue weighted by Crippen LogP contribution is 2.36. The minimum absolute atomic E-state index is 0.199. The number of ether oxygens (including phenoxy) is 1. The molecule has 0 spiro atoms. The van der Waals surface area contributed by atoms with E-state index in [2.05, 4.69) is 16.4 Å². The maximum atomic E-state index is 11.6. The predicted octanol–water partition coefficient (Wildman–Crippen LogP) is 2.18. The Balaban J connectivity index is 1.99. The fourth-order valence-electron chi connectivity index (χ4n) is 3.42. The molecule has 132 valence electrons. The molecule has 1 atom stereocenters. The third-order valence-corrected chi connectivity index (χ3v) is 4.87. The van der Waals surface area contributed by atoms with Crippen LogP contribution in [0, 0.1) is 6.92 Å². The topological polar surface area (TPSA) is 60.8 Å². The first kappa shape index (κ1) is 17.3. The lowest BCUT2D eigenvalue weighted by atomic mass is 10.2. The molecule has 0 amide bonds. The van der Waals surface area contributed by atoms with E-state index in [9.17, 15) is 8.42 Å². The Kier molecular flexibility index (Phi) is 4.85. The van der Waals surface area contributed by atoms with Crippen molar-refractivity contribution in [3.8, 4) is 5.75 Å². The molecule has 0 bridgehead atoms. The summed E-state index contributed by atoms with van der Waals surface area (Å²) in [4.78, 5) is 2.37. The van der Waals surface area contributed by atoms with Crippen LogP contribution in [-0.2, 0) is 14.9 Å². The molecule has 0 radical (unpaired) electrons. The van der Waals surface area contributed by atoms with E-state index in [-0.39, 0.29) is 6.04 Å². The number of rotatable bonds is 5. The predicted molar refractivity (Wildman–Crippen MR) is 94.1 cm³/mol. The minimum Gasteiger partial charge on any atom is -0.380 e. The monoisotopic (exact) mass is 352 g/mol. The average molecular weight is 352 g/mol. The van der Waals surface area contributed by atoms with Gasteiger partial charge in [-0.3, -0.25) is 4.90 Å². The summed E-state index contributed by atoms with van der Waals surface area (Å²) in [5.41, 5.74) is 1.83. The SMILES string of the molecule is Cc1c(OS(C)(=O)=O)c2ccccc2n1C(C)CN1CCOCC1. The van der Waals surface area contributed by atoms with Crippen molar-refractivity contribution in [2.75, 3.05) is 39.1 Å². The second-order valence-corrected chi connectivity index (χ2v) is 7.93. The van der Waals surface area contributed by atoms with Crippen molar-refractivity contribution in [3.05, 3.63) is 30.0 Å². The Morgan fingerprint density at radius 1 is 1.25 bits per heavy atom. The number of hydrogen-bond donors (Lipinski definition) is 0. The molecule has 1 unspecified atom stereocenters. The van der Waals surface area contributed by atoms with Gasteiger partial charge in [-0.1, -0.05) is 12.1 Å². The van der Waals surface area contributed by atoms with E-state index in [1.165, 1.54) is 0 Å². The second kappa shape index (κ2) is 6.74.